The van der Waals surface area contributed by atoms with Crippen LogP contribution < -0.4 is 15.7 Å². The monoisotopic (exact) mass is 479 g/mol. The van der Waals surface area contributed by atoms with Crippen LogP contribution in [-0.2, 0) is 13.0 Å². The largest absolute Gasteiger partial charge is 0.507 e. The third kappa shape index (κ3) is 5.72. The van der Waals surface area contributed by atoms with Crippen molar-refractivity contribution in [1.82, 2.24) is 0 Å². The van der Waals surface area contributed by atoms with Crippen molar-refractivity contribution in [3.05, 3.63) is 99.4 Å². The maximum absolute atomic E-state index is 12.9. The molecule has 1 aromatic heterocycles. The lowest BCUT2D eigenvalue weighted by Crippen LogP contribution is -2.12. The molecule has 4 aromatic rings. The van der Waals surface area contributed by atoms with Crippen molar-refractivity contribution in [2.75, 3.05) is 11.9 Å². The molecule has 4 rings (SSSR count). The average molecular weight is 480 g/mol. The van der Waals surface area contributed by atoms with Gasteiger partial charge in [0.1, 0.15) is 17.1 Å². The number of hydrogen-bond acceptors (Lipinski definition) is 5. The standard InChI is InChI=1S/C28H29NO4.ClH/c1-3-4-16-32-22-12-10-21(11-13-22)29-18-25-26(30)15-14-23-19(2)24(28(31)33-27(23)25)17-20-8-6-5-7-9-20;/h5-15,29-30H,3-4,16-18H2,1-2H3;1H. The van der Waals surface area contributed by atoms with E-state index in [-0.39, 0.29) is 23.8 Å². The molecule has 0 saturated carbocycles. The van der Waals surface area contributed by atoms with Crippen molar-refractivity contribution in [2.45, 2.75) is 39.7 Å². The quantitative estimate of drug-likeness (QED) is 0.209. The highest BCUT2D eigenvalue weighted by Gasteiger charge is 2.17. The Bertz CT molecular complexity index is 1280. The summed E-state index contributed by atoms with van der Waals surface area (Å²) in [7, 11) is 0. The Morgan fingerprint density at radius 1 is 0.971 bits per heavy atom. The second-order valence-electron chi connectivity index (χ2n) is 8.18. The van der Waals surface area contributed by atoms with Crippen LogP contribution in [0.3, 0.4) is 0 Å². The molecule has 0 fully saturated rings. The highest BCUT2D eigenvalue weighted by Crippen LogP contribution is 2.31. The van der Waals surface area contributed by atoms with E-state index >= 15 is 0 Å². The second-order valence-corrected chi connectivity index (χ2v) is 8.18. The number of rotatable bonds is 9. The number of unbranched alkanes of at least 4 members (excludes halogenated alkanes) is 1. The van der Waals surface area contributed by atoms with Crippen molar-refractivity contribution in [1.29, 1.82) is 0 Å². The van der Waals surface area contributed by atoms with Crippen LogP contribution in [-0.4, -0.2) is 11.7 Å². The number of benzene rings is 3. The maximum Gasteiger partial charge on any atom is 0.340 e. The molecule has 3 aromatic carbocycles. The molecule has 0 aliphatic heterocycles. The van der Waals surface area contributed by atoms with Crippen LogP contribution in [0.5, 0.6) is 11.5 Å². The Hall–Kier alpha value is -3.44. The molecule has 0 saturated heterocycles. The van der Waals surface area contributed by atoms with Gasteiger partial charge in [0.25, 0.3) is 0 Å². The third-order valence-corrected chi connectivity index (χ3v) is 5.85. The molecule has 178 valence electrons. The second kappa shape index (κ2) is 11.6. The van der Waals surface area contributed by atoms with Crippen molar-refractivity contribution >= 4 is 29.1 Å². The first-order valence-corrected chi connectivity index (χ1v) is 11.3. The van der Waals surface area contributed by atoms with Gasteiger partial charge in [0, 0.05) is 29.6 Å². The van der Waals surface area contributed by atoms with Crippen LogP contribution in [0.1, 0.15) is 42.0 Å². The summed E-state index contributed by atoms with van der Waals surface area (Å²) >= 11 is 0. The van der Waals surface area contributed by atoms with Gasteiger partial charge in [0.05, 0.1) is 12.2 Å². The number of aromatic hydroxyl groups is 1. The van der Waals surface area contributed by atoms with E-state index < -0.39 is 0 Å². The molecule has 0 aliphatic rings. The summed E-state index contributed by atoms with van der Waals surface area (Å²) < 4.78 is 11.4. The number of halogens is 1. The summed E-state index contributed by atoms with van der Waals surface area (Å²) in [6.45, 7) is 5.09. The molecule has 0 aliphatic carbocycles. The summed E-state index contributed by atoms with van der Waals surface area (Å²) in [4.78, 5) is 12.9. The minimum atomic E-state index is -0.371. The van der Waals surface area contributed by atoms with Gasteiger partial charge in [-0.2, -0.15) is 0 Å². The minimum Gasteiger partial charge on any atom is -0.507 e. The molecule has 0 atom stereocenters. The molecule has 5 nitrogen and oxygen atoms in total. The fourth-order valence-electron chi connectivity index (χ4n) is 3.87. The number of phenolic OH excluding ortho intramolecular Hbond substituents is 1. The van der Waals surface area contributed by atoms with Gasteiger partial charge < -0.3 is 19.6 Å². The lowest BCUT2D eigenvalue weighted by atomic mass is 9.98. The maximum atomic E-state index is 12.9. The zero-order chi connectivity index (χ0) is 23.2. The van der Waals surface area contributed by atoms with E-state index in [0.29, 0.717) is 36.3 Å². The first kappa shape index (κ1) is 25.2. The van der Waals surface area contributed by atoms with E-state index in [9.17, 15) is 9.90 Å². The lowest BCUT2D eigenvalue weighted by molar-refractivity contribution is 0.309. The molecule has 0 bridgehead atoms. The Labute approximate surface area is 205 Å². The van der Waals surface area contributed by atoms with Crippen LogP contribution in [0.25, 0.3) is 11.0 Å². The van der Waals surface area contributed by atoms with Crippen LogP contribution >= 0.6 is 12.4 Å². The van der Waals surface area contributed by atoms with Crippen molar-refractivity contribution in [3.63, 3.8) is 0 Å². The SMILES string of the molecule is CCCCOc1ccc(NCc2c(O)ccc3c(C)c(Cc4ccccc4)c(=O)oc23)cc1.Cl. The highest BCUT2D eigenvalue weighted by molar-refractivity contribution is 5.86. The van der Waals surface area contributed by atoms with Crippen molar-refractivity contribution in [2.24, 2.45) is 0 Å². The van der Waals surface area contributed by atoms with Gasteiger partial charge in [-0.25, -0.2) is 4.79 Å². The minimum absolute atomic E-state index is 0. The number of anilines is 1. The Balaban J connectivity index is 0.00000324. The summed E-state index contributed by atoms with van der Waals surface area (Å²) in [5.74, 6) is 0.919. The molecular formula is C28H30ClNO4. The molecule has 2 N–H and O–H groups in total. The van der Waals surface area contributed by atoms with Gasteiger partial charge in [-0.1, -0.05) is 43.7 Å². The Kier molecular flexibility index (Phi) is 8.61. The molecule has 0 spiro atoms. The summed E-state index contributed by atoms with van der Waals surface area (Å²) in [5, 5.41) is 14.6. The Morgan fingerprint density at radius 3 is 2.41 bits per heavy atom. The molecule has 1 heterocycles. The van der Waals surface area contributed by atoms with E-state index in [0.717, 1.165) is 40.8 Å². The summed E-state index contributed by atoms with van der Waals surface area (Å²) in [6, 6.07) is 21.0. The van der Waals surface area contributed by atoms with E-state index in [4.69, 9.17) is 9.15 Å². The van der Waals surface area contributed by atoms with Gasteiger partial charge in [-0.3, -0.25) is 0 Å². The van der Waals surface area contributed by atoms with E-state index in [1.165, 1.54) is 0 Å². The van der Waals surface area contributed by atoms with Crippen LogP contribution in [0.15, 0.2) is 75.9 Å². The van der Waals surface area contributed by atoms with Gasteiger partial charge in [-0.15, -0.1) is 12.4 Å². The molecule has 34 heavy (non-hydrogen) atoms. The number of fused-ring (bicyclic) bond motifs is 1. The average Bonchev–Trinajstić information content (AvgIpc) is 2.83. The van der Waals surface area contributed by atoms with Gasteiger partial charge in [0.15, 0.2) is 0 Å². The van der Waals surface area contributed by atoms with E-state index in [1.807, 2.05) is 67.6 Å². The normalized spacial score (nSPS) is 10.6. The number of aryl methyl sites for hydroxylation is 1. The number of ether oxygens (including phenoxy) is 1. The fourth-order valence-corrected chi connectivity index (χ4v) is 3.87. The number of nitrogens with one attached hydrogen (secondary N) is 1. The zero-order valence-electron chi connectivity index (χ0n) is 19.5. The first-order chi connectivity index (χ1) is 16.1. The van der Waals surface area contributed by atoms with Gasteiger partial charge in [-0.05, 0) is 60.9 Å². The molecule has 0 unspecified atom stereocenters. The molecule has 6 heteroatoms. The zero-order valence-corrected chi connectivity index (χ0v) is 20.3. The van der Waals surface area contributed by atoms with Crippen molar-refractivity contribution < 1.29 is 14.3 Å². The fraction of sp³-hybridized carbons (Fsp3) is 0.250. The third-order valence-electron chi connectivity index (χ3n) is 5.85. The molecule has 0 amide bonds. The summed E-state index contributed by atoms with van der Waals surface area (Å²) in [5.41, 5.74) is 4.05. The van der Waals surface area contributed by atoms with Gasteiger partial charge >= 0.3 is 5.63 Å². The molecular weight excluding hydrogens is 450 g/mol. The molecule has 0 radical (unpaired) electrons. The summed E-state index contributed by atoms with van der Waals surface area (Å²) in [6.07, 6.45) is 2.63. The number of phenols is 1. The first-order valence-electron chi connectivity index (χ1n) is 11.3. The smallest absolute Gasteiger partial charge is 0.340 e. The van der Waals surface area contributed by atoms with E-state index in [2.05, 4.69) is 12.2 Å². The predicted molar refractivity (Wildman–Crippen MR) is 140 cm³/mol. The van der Waals surface area contributed by atoms with Gasteiger partial charge in [0.2, 0.25) is 0 Å². The van der Waals surface area contributed by atoms with Crippen LogP contribution in [0.2, 0.25) is 0 Å². The Morgan fingerprint density at radius 2 is 1.71 bits per heavy atom. The lowest BCUT2D eigenvalue weighted by Gasteiger charge is -2.14. The topological polar surface area (TPSA) is 71.7 Å². The van der Waals surface area contributed by atoms with Crippen LogP contribution in [0.4, 0.5) is 5.69 Å². The van der Waals surface area contributed by atoms with Crippen molar-refractivity contribution in [3.8, 4) is 11.5 Å². The van der Waals surface area contributed by atoms with E-state index in [1.54, 1.807) is 6.07 Å². The van der Waals surface area contributed by atoms with Crippen LogP contribution in [0, 0.1) is 6.92 Å². The predicted octanol–water partition coefficient (Wildman–Crippen LogP) is 6.61. The highest BCUT2D eigenvalue weighted by atomic mass is 35.5. The number of hydrogen-bond donors (Lipinski definition) is 2.